The third-order valence-corrected chi connectivity index (χ3v) is 4.24. The number of amides is 1. The molecule has 0 aromatic rings. The van der Waals surface area contributed by atoms with Crippen molar-refractivity contribution in [1.29, 1.82) is 0 Å². The second-order valence-electron chi connectivity index (χ2n) is 6.21. The molecule has 20 heavy (non-hydrogen) atoms. The highest BCUT2D eigenvalue weighted by atomic mass is 16.3. The molecule has 0 spiro atoms. The van der Waals surface area contributed by atoms with E-state index < -0.39 is 5.60 Å². The predicted molar refractivity (Wildman–Crippen MR) is 78.6 cm³/mol. The number of aliphatic hydroxyl groups is 1. The fourth-order valence-corrected chi connectivity index (χ4v) is 2.88. The molecule has 6 nitrogen and oxygen atoms in total. The minimum atomic E-state index is -0.771. The molecule has 2 fully saturated rings. The lowest BCUT2D eigenvalue weighted by Crippen LogP contribution is -2.53. The van der Waals surface area contributed by atoms with E-state index in [2.05, 4.69) is 27.5 Å². The van der Waals surface area contributed by atoms with Gasteiger partial charge in [-0.25, -0.2) is 0 Å². The summed E-state index contributed by atoms with van der Waals surface area (Å²) in [7, 11) is 2.12. The van der Waals surface area contributed by atoms with Crippen molar-refractivity contribution < 1.29 is 9.90 Å². The molecule has 0 aromatic carbocycles. The molecule has 3 N–H and O–H groups in total. The van der Waals surface area contributed by atoms with Crippen LogP contribution in [0.15, 0.2) is 0 Å². The summed E-state index contributed by atoms with van der Waals surface area (Å²) in [4.78, 5) is 16.5. The average Bonchev–Trinajstić information content (AvgIpc) is 2.63. The van der Waals surface area contributed by atoms with Crippen LogP contribution in [-0.2, 0) is 4.79 Å². The lowest BCUT2D eigenvalue weighted by Gasteiger charge is -2.33. The largest absolute Gasteiger partial charge is 0.387 e. The Morgan fingerprint density at radius 2 is 2.15 bits per heavy atom. The van der Waals surface area contributed by atoms with Gasteiger partial charge in [-0.05, 0) is 45.9 Å². The van der Waals surface area contributed by atoms with E-state index in [1.807, 2.05) is 0 Å². The summed E-state index contributed by atoms with van der Waals surface area (Å²) in [5.74, 6) is 0.0218. The lowest BCUT2D eigenvalue weighted by molar-refractivity contribution is -0.123. The van der Waals surface area contributed by atoms with E-state index >= 15 is 0 Å². The highest BCUT2D eigenvalue weighted by molar-refractivity contribution is 5.78. The van der Waals surface area contributed by atoms with Gasteiger partial charge in [-0.2, -0.15) is 0 Å². The van der Waals surface area contributed by atoms with Crippen molar-refractivity contribution in [3.05, 3.63) is 0 Å². The summed E-state index contributed by atoms with van der Waals surface area (Å²) in [6.07, 6.45) is 2.83. The van der Waals surface area contributed by atoms with Gasteiger partial charge in [-0.3, -0.25) is 9.69 Å². The van der Waals surface area contributed by atoms with Crippen LogP contribution in [0.1, 0.15) is 19.3 Å². The van der Waals surface area contributed by atoms with E-state index in [0.29, 0.717) is 19.6 Å². The maximum absolute atomic E-state index is 12.0. The van der Waals surface area contributed by atoms with E-state index in [1.54, 1.807) is 0 Å². The normalized spacial score (nSPS) is 29.9. The van der Waals surface area contributed by atoms with Gasteiger partial charge in [0.25, 0.3) is 0 Å². The SMILES string of the molecule is CN1CCCN(CC(=O)NC[C@@]2(O)CCCNC2)CC1. The van der Waals surface area contributed by atoms with Gasteiger partial charge in [0.2, 0.25) is 5.91 Å². The Morgan fingerprint density at radius 3 is 2.90 bits per heavy atom. The highest BCUT2D eigenvalue weighted by Gasteiger charge is 2.29. The number of β-amino-alcohol motifs (C(OH)–C–C–N with tert-alkyl or cyclic N) is 1. The number of carbonyl (C=O) groups excluding carboxylic acids is 1. The molecule has 0 saturated carbocycles. The van der Waals surface area contributed by atoms with Gasteiger partial charge in [0, 0.05) is 26.2 Å². The Labute approximate surface area is 121 Å². The van der Waals surface area contributed by atoms with Crippen LogP contribution in [-0.4, -0.2) is 85.8 Å². The molecule has 2 rings (SSSR count). The first-order valence-corrected chi connectivity index (χ1v) is 7.68. The van der Waals surface area contributed by atoms with Gasteiger partial charge < -0.3 is 20.6 Å². The number of hydrogen-bond acceptors (Lipinski definition) is 5. The molecule has 6 heteroatoms. The first-order chi connectivity index (χ1) is 9.57. The second-order valence-corrected chi connectivity index (χ2v) is 6.21. The summed E-state index contributed by atoms with van der Waals surface area (Å²) in [6.45, 7) is 6.35. The van der Waals surface area contributed by atoms with E-state index in [4.69, 9.17) is 0 Å². The summed E-state index contributed by atoms with van der Waals surface area (Å²) in [6, 6.07) is 0. The number of piperidine rings is 1. The molecule has 0 aliphatic carbocycles. The zero-order chi connectivity index (χ0) is 14.4. The molecular formula is C14H28N4O2. The van der Waals surface area contributed by atoms with Gasteiger partial charge in [-0.1, -0.05) is 0 Å². The summed E-state index contributed by atoms with van der Waals surface area (Å²) >= 11 is 0. The number of nitrogens with zero attached hydrogens (tertiary/aromatic N) is 2. The highest BCUT2D eigenvalue weighted by Crippen LogP contribution is 2.14. The monoisotopic (exact) mass is 284 g/mol. The summed E-state index contributed by atoms with van der Waals surface area (Å²) < 4.78 is 0. The van der Waals surface area contributed by atoms with Gasteiger partial charge in [0.15, 0.2) is 0 Å². The second kappa shape index (κ2) is 7.36. The van der Waals surface area contributed by atoms with Crippen LogP contribution < -0.4 is 10.6 Å². The minimum Gasteiger partial charge on any atom is -0.387 e. The first kappa shape index (κ1) is 15.7. The van der Waals surface area contributed by atoms with Crippen molar-refractivity contribution in [2.75, 3.05) is 59.4 Å². The smallest absolute Gasteiger partial charge is 0.234 e. The molecule has 2 aliphatic heterocycles. The lowest BCUT2D eigenvalue weighted by atomic mass is 9.94. The van der Waals surface area contributed by atoms with Crippen molar-refractivity contribution in [3.63, 3.8) is 0 Å². The maximum atomic E-state index is 12.0. The molecule has 2 heterocycles. The Bertz CT molecular complexity index is 318. The van der Waals surface area contributed by atoms with Crippen LogP contribution in [0.4, 0.5) is 0 Å². The van der Waals surface area contributed by atoms with Gasteiger partial charge in [0.1, 0.15) is 0 Å². The average molecular weight is 284 g/mol. The Hall–Kier alpha value is -0.690. The molecule has 1 amide bonds. The Morgan fingerprint density at radius 1 is 1.30 bits per heavy atom. The van der Waals surface area contributed by atoms with Gasteiger partial charge >= 0.3 is 0 Å². The molecule has 116 valence electrons. The third kappa shape index (κ3) is 5.01. The summed E-state index contributed by atoms with van der Waals surface area (Å²) in [5, 5.41) is 16.4. The van der Waals surface area contributed by atoms with Crippen LogP contribution in [0.3, 0.4) is 0 Å². The van der Waals surface area contributed by atoms with Crippen LogP contribution >= 0.6 is 0 Å². The number of rotatable bonds is 4. The van der Waals surface area contributed by atoms with Crippen LogP contribution in [0.25, 0.3) is 0 Å². The van der Waals surface area contributed by atoms with Gasteiger partial charge in [0.05, 0.1) is 12.1 Å². The van der Waals surface area contributed by atoms with E-state index in [0.717, 1.165) is 52.0 Å². The zero-order valence-electron chi connectivity index (χ0n) is 12.5. The van der Waals surface area contributed by atoms with E-state index in [1.165, 1.54) is 0 Å². The topological polar surface area (TPSA) is 67.8 Å². The molecule has 2 aliphatic rings. The minimum absolute atomic E-state index is 0.0218. The van der Waals surface area contributed by atoms with Crippen LogP contribution in [0, 0.1) is 0 Å². The fourth-order valence-electron chi connectivity index (χ4n) is 2.88. The molecular weight excluding hydrogens is 256 g/mol. The Balaban J connectivity index is 1.69. The molecule has 1 atom stereocenters. The van der Waals surface area contributed by atoms with Crippen molar-refractivity contribution >= 4 is 5.91 Å². The quantitative estimate of drug-likeness (QED) is 0.609. The van der Waals surface area contributed by atoms with Crippen molar-refractivity contribution in [2.45, 2.75) is 24.9 Å². The number of hydrogen-bond donors (Lipinski definition) is 3. The first-order valence-electron chi connectivity index (χ1n) is 7.68. The van der Waals surface area contributed by atoms with E-state index in [9.17, 15) is 9.90 Å². The van der Waals surface area contributed by atoms with Crippen LogP contribution in [0.2, 0.25) is 0 Å². The number of carbonyl (C=O) groups is 1. The van der Waals surface area contributed by atoms with Crippen molar-refractivity contribution in [1.82, 2.24) is 20.4 Å². The standard InChI is InChI=1S/C14H28N4O2/c1-17-6-3-7-18(9-8-17)10-13(19)16-12-14(20)4-2-5-15-11-14/h15,20H,2-12H2,1H3,(H,16,19)/t14-/m1/s1. The molecule has 0 aromatic heterocycles. The van der Waals surface area contributed by atoms with Crippen molar-refractivity contribution in [3.8, 4) is 0 Å². The third-order valence-electron chi connectivity index (χ3n) is 4.24. The van der Waals surface area contributed by atoms with Crippen LogP contribution in [0.5, 0.6) is 0 Å². The molecule has 0 radical (unpaired) electrons. The maximum Gasteiger partial charge on any atom is 0.234 e. The predicted octanol–water partition coefficient (Wildman–Crippen LogP) is -1.15. The number of nitrogens with one attached hydrogen (secondary N) is 2. The van der Waals surface area contributed by atoms with Crippen molar-refractivity contribution in [2.24, 2.45) is 0 Å². The molecule has 0 bridgehead atoms. The number of likely N-dealkylation sites (N-methyl/N-ethyl adjacent to an activating group) is 1. The molecule has 2 saturated heterocycles. The fraction of sp³-hybridized carbons (Fsp3) is 0.929. The van der Waals surface area contributed by atoms with E-state index in [-0.39, 0.29) is 5.91 Å². The van der Waals surface area contributed by atoms with Gasteiger partial charge in [-0.15, -0.1) is 0 Å². The Kier molecular flexibility index (Phi) is 5.77. The summed E-state index contributed by atoms with van der Waals surface area (Å²) in [5.41, 5.74) is -0.771. The zero-order valence-corrected chi connectivity index (χ0v) is 12.5. The molecule has 0 unspecified atom stereocenters.